The molecule has 6 heteroatoms. The van der Waals surface area contributed by atoms with Crippen molar-refractivity contribution in [3.8, 4) is 0 Å². The van der Waals surface area contributed by atoms with Crippen LogP contribution in [0.15, 0.2) is 54.7 Å². The number of H-pyrrole nitrogens is 1. The monoisotopic (exact) mass is 410 g/mol. The van der Waals surface area contributed by atoms with Gasteiger partial charge < -0.3 is 21.0 Å². The van der Waals surface area contributed by atoms with E-state index in [2.05, 4.69) is 15.6 Å². The number of aromatic nitrogens is 1. The minimum absolute atomic E-state index is 0.200. The lowest BCUT2D eigenvalue weighted by Gasteiger charge is -2.07. The summed E-state index contributed by atoms with van der Waals surface area (Å²) in [6.45, 7) is 3.69. The number of rotatable bonds is 6. The van der Waals surface area contributed by atoms with Gasteiger partial charge in [-0.3, -0.25) is 9.59 Å². The van der Waals surface area contributed by atoms with Gasteiger partial charge in [-0.2, -0.15) is 0 Å². The van der Waals surface area contributed by atoms with Gasteiger partial charge in [0.15, 0.2) is 6.29 Å². The highest BCUT2D eigenvalue weighted by Crippen LogP contribution is 2.35. The number of nitrogens with one attached hydrogen (secondary N) is 4. The van der Waals surface area contributed by atoms with Gasteiger partial charge in [0.05, 0.1) is 5.57 Å². The van der Waals surface area contributed by atoms with Gasteiger partial charge in [-0.25, -0.2) is 0 Å². The first kappa shape index (κ1) is 20.1. The van der Waals surface area contributed by atoms with Crippen LogP contribution < -0.4 is 10.6 Å². The molecule has 2 heterocycles. The van der Waals surface area contributed by atoms with Crippen LogP contribution in [0.4, 0.5) is 11.4 Å². The molecule has 0 saturated heterocycles. The van der Waals surface area contributed by atoms with E-state index in [1.165, 1.54) is 6.21 Å². The maximum Gasteiger partial charge on any atom is 0.256 e. The second-order valence-corrected chi connectivity index (χ2v) is 7.35. The van der Waals surface area contributed by atoms with E-state index in [0.29, 0.717) is 16.7 Å². The Bertz CT molecular complexity index is 1250. The van der Waals surface area contributed by atoms with E-state index < -0.39 is 0 Å². The Hall–Kier alpha value is -4.19. The Kier molecular flexibility index (Phi) is 5.37. The van der Waals surface area contributed by atoms with Gasteiger partial charge in [-0.15, -0.1) is 0 Å². The van der Waals surface area contributed by atoms with Crippen LogP contribution in [0.3, 0.4) is 0 Å². The Balaban J connectivity index is 1.72. The zero-order valence-corrected chi connectivity index (χ0v) is 17.2. The third-order valence-electron chi connectivity index (χ3n) is 5.40. The minimum Gasteiger partial charge on any atom is -0.361 e. The molecule has 0 spiro atoms. The molecule has 1 aromatic heterocycles. The molecule has 0 unspecified atom stereocenters. The number of aryl methyl sites for hydroxylation is 1. The highest BCUT2D eigenvalue weighted by atomic mass is 16.2. The van der Waals surface area contributed by atoms with Crippen LogP contribution in [-0.2, 0) is 4.79 Å². The summed E-state index contributed by atoms with van der Waals surface area (Å²) in [4.78, 5) is 27.1. The lowest BCUT2D eigenvalue weighted by atomic mass is 9.99. The Morgan fingerprint density at radius 2 is 1.87 bits per heavy atom. The zero-order valence-electron chi connectivity index (χ0n) is 17.2. The summed E-state index contributed by atoms with van der Waals surface area (Å²) in [5, 5.41) is 13.9. The van der Waals surface area contributed by atoms with Crippen molar-refractivity contribution in [2.75, 3.05) is 10.6 Å². The van der Waals surface area contributed by atoms with Gasteiger partial charge in [0, 0.05) is 51.9 Å². The average Bonchev–Trinajstić information content (AvgIpc) is 3.24. The summed E-state index contributed by atoms with van der Waals surface area (Å²) < 4.78 is 0. The number of allylic oxidation sites excluding steroid dienone is 1. The van der Waals surface area contributed by atoms with E-state index >= 15 is 0 Å². The number of amides is 1. The number of anilines is 2. The van der Waals surface area contributed by atoms with Gasteiger partial charge >= 0.3 is 0 Å². The summed E-state index contributed by atoms with van der Waals surface area (Å²) in [6.07, 6.45) is 5.65. The smallest absolute Gasteiger partial charge is 0.256 e. The molecule has 31 heavy (non-hydrogen) atoms. The molecular formula is C25H22N4O2. The predicted octanol–water partition coefficient (Wildman–Crippen LogP) is 5.04. The third kappa shape index (κ3) is 3.83. The molecular weight excluding hydrogens is 388 g/mol. The molecule has 1 aliphatic rings. The van der Waals surface area contributed by atoms with Crippen molar-refractivity contribution >= 4 is 47.0 Å². The van der Waals surface area contributed by atoms with Crippen molar-refractivity contribution in [1.29, 1.82) is 5.41 Å². The molecule has 0 saturated carbocycles. The number of benzene rings is 2. The standard InChI is InChI=1S/C25H22N4O2/c1-15-22(14-30)16(2)28-24(15)11-21-20-10-17(8-9-23(20)29-25(21)31)18(12-26)13-27-19-6-4-3-5-7-19/h3-14,26-28H,1-2H3,(H,29,31)/b18-13+,21-11-,26-12?. The number of aldehydes is 1. The van der Waals surface area contributed by atoms with Crippen LogP contribution in [0.5, 0.6) is 0 Å². The third-order valence-corrected chi connectivity index (χ3v) is 5.40. The number of hydrogen-bond acceptors (Lipinski definition) is 4. The zero-order chi connectivity index (χ0) is 22.0. The molecule has 6 nitrogen and oxygen atoms in total. The first-order valence-electron chi connectivity index (χ1n) is 9.86. The fraction of sp³-hybridized carbons (Fsp3) is 0.0800. The number of fused-ring (bicyclic) bond motifs is 1. The largest absolute Gasteiger partial charge is 0.361 e. The van der Waals surface area contributed by atoms with Gasteiger partial charge in [0.1, 0.15) is 0 Å². The van der Waals surface area contributed by atoms with Crippen molar-refractivity contribution in [2.45, 2.75) is 13.8 Å². The van der Waals surface area contributed by atoms with Gasteiger partial charge in [-0.1, -0.05) is 24.3 Å². The van der Waals surface area contributed by atoms with E-state index in [9.17, 15) is 9.59 Å². The highest BCUT2D eigenvalue weighted by molar-refractivity contribution is 6.35. The molecule has 1 amide bonds. The molecule has 4 N–H and O–H groups in total. The Morgan fingerprint density at radius 1 is 1.10 bits per heavy atom. The van der Waals surface area contributed by atoms with Crippen LogP contribution >= 0.6 is 0 Å². The number of aromatic amines is 1. The lowest BCUT2D eigenvalue weighted by molar-refractivity contribution is -0.110. The summed E-state index contributed by atoms with van der Waals surface area (Å²) in [7, 11) is 0. The van der Waals surface area contributed by atoms with Crippen molar-refractivity contribution in [3.63, 3.8) is 0 Å². The topological polar surface area (TPSA) is 97.8 Å². The number of hydrogen-bond donors (Lipinski definition) is 4. The number of para-hydroxylation sites is 1. The van der Waals surface area contributed by atoms with Gasteiger partial charge in [0.2, 0.25) is 0 Å². The van der Waals surface area contributed by atoms with Gasteiger partial charge in [-0.05, 0) is 55.3 Å². The second-order valence-electron chi connectivity index (χ2n) is 7.35. The van der Waals surface area contributed by atoms with E-state index in [1.807, 2.05) is 62.4 Å². The Labute approximate surface area is 180 Å². The normalized spacial score (nSPS) is 14.3. The lowest BCUT2D eigenvalue weighted by Crippen LogP contribution is -2.03. The molecule has 0 aliphatic carbocycles. The predicted molar refractivity (Wildman–Crippen MR) is 125 cm³/mol. The van der Waals surface area contributed by atoms with Crippen LogP contribution in [0.1, 0.15) is 38.4 Å². The van der Waals surface area contributed by atoms with Crippen molar-refractivity contribution in [2.24, 2.45) is 0 Å². The van der Waals surface area contributed by atoms with E-state index in [4.69, 9.17) is 5.41 Å². The maximum atomic E-state index is 12.6. The highest BCUT2D eigenvalue weighted by Gasteiger charge is 2.25. The van der Waals surface area contributed by atoms with Crippen molar-refractivity contribution in [1.82, 2.24) is 4.98 Å². The van der Waals surface area contributed by atoms with Crippen molar-refractivity contribution in [3.05, 3.63) is 88.4 Å². The molecule has 0 bridgehead atoms. The van der Waals surface area contributed by atoms with Crippen LogP contribution in [0, 0.1) is 19.3 Å². The fourth-order valence-corrected chi connectivity index (χ4v) is 3.67. The molecule has 154 valence electrons. The molecule has 0 fully saturated rings. The molecule has 3 aromatic rings. The SMILES string of the molecule is Cc1[nH]c(/C=C2\C(=O)Nc3ccc(/C(C=N)=C/Nc4ccccc4)cc32)c(C)c1C=O. The second kappa shape index (κ2) is 8.28. The van der Waals surface area contributed by atoms with Crippen molar-refractivity contribution < 1.29 is 9.59 Å². The van der Waals surface area contributed by atoms with Crippen LogP contribution in [-0.4, -0.2) is 23.4 Å². The van der Waals surface area contributed by atoms with E-state index in [0.717, 1.165) is 45.7 Å². The first-order valence-corrected chi connectivity index (χ1v) is 9.86. The number of carbonyl (C=O) groups excluding carboxylic acids is 2. The van der Waals surface area contributed by atoms with E-state index in [1.54, 1.807) is 12.3 Å². The summed E-state index contributed by atoms with van der Waals surface area (Å²) in [5.41, 5.74) is 7.33. The molecule has 2 aromatic carbocycles. The summed E-state index contributed by atoms with van der Waals surface area (Å²) >= 11 is 0. The average molecular weight is 410 g/mol. The van der Waals surface area contributed by atoms with Crippen LogP contribution in [0.2, 0.25) is 0 Å². The summed E-state index contributed by atoms with van der Waals surface area (Å²) in [6, 6.07) is 15.3. The maximum absolute atomic E-state index is 12.6. The van der Waals surface area contributed by atoms with Crippen LogP contribution in [0.25, 0.3) is 17.2 Å². The molecule has 0 atom stereocenters. The quantitative estimate of drug-likeness (QED) is 0.260. The molecule has 1 aliphatic heterocycles. The molecule has 0 radical (unpaired) electrons. The summed E-state index contributed by atoms with van der Waals surface area (Å²) in [5.74, 6) is -0.200. The number of carbonyl (C=O) groups is 2. The fourth-order valence-electron chi connectivity index (χ4n) is 3.67. The minimum atomic E-state index is -0.200. The Morgan fingerprint density at radius 3 is 2.55 bits per heavy atom. The first-order chi connectivity index (χ1) is 15.0. The molecule has 4 rings (SSSR count). The van der Waals surface area contributed by atoms with Gasteiger partial charge in [0.25, 0.3) is 5.91 Å². The van der Waals surface area contributed by atoms with E-state index in [-0.39, 0.29) is 5.91 Å².